The maximum absolute atomic E-state index is 12.6. The summed E-state index contributed by atoms with van der Waals surface area (Å²) in [5, 5.41) is -0.410. The lowest BCUT2D eigenvalue weighted by Gasteiger charge is -2.11. The zero-order valence-electron chi connectivity index (χ0n) is 15.8. The Morgan fingerprint density at radius 2 is 1.93 bits per heavy atom. The maximum Gasteiger partial charge on any atom is 0.422 e. The molecule has 1 aromatic carbocycles. The molecule has 0 aliphatic rings. The number of nitrogens with one attached hydrogen (secondary N) is 2. The molecule has 0 amide bonds. The van der Waals surface area contributed by atoms with E-state index in [0.717, 1.165) is 0 Å². The summed E-state index contributed by atoms with van der Waals surface area (Å²) in [6.45, 7) is -1.67. The molecule has 9 nitrogen and oxygen atoms in total. The fraction of sp³-hybridized carbons (Fsp3) is 0.294. The van der Waals surface area contributed by atoms with E-state index in [-0.39, 0.29) is 29.1 Å². The van der Waals surface area contributed by atoms with Gasteiger partial charge in [-0.3, -0.25) is 4.98 Å². The Kier molecular flexibility index (Phi) is 6.03. The summed E-state index contributed by atoms with van der Waals surface area (Å²) in [4.78, 5) is 10.6. The molecule has 2 N–H and O–H groups in total. The highest BCUT2D eigenvalue weighted by atomic mass is 32.2. The minimum Gasteiger partial charge on any atom is -0.493 e. The van der Waals surface area contributed by atoms with Crippen molar-refractivity contribution in [3.8, 4) is 17.2 Å². The Morgan fingerprint density at radius 3 is 2.60 bits per heavy atom. The number of aromatic nitrogens is 3. The maximum atomic E-state index is 12.6. The Balaban J connectivity index is 1.79. The van der Waals surface area contributed by atoms with Gasteiger partial charge in [-0.1, -0.05) is 0 Å². The number of halogens is 3. The molecule has 0 atom stereocenters. The van der Waals surface area contributed by atoms with E-state index in [1.807, 2.05) is 0 Å². The number of nitrogens with zero attached hydrogens (tertiary/aromatic N) is 2. The van der Waals surface area contributed by atoms with Gasteiger partial charge in [0, 0.05) is 18.3 Å². The van der Waals surface area contributed by atoms with Crippen LogP contribution >= 0.6 is 0 Å². The lowest BCUT2D eigenvalue weighted by Crippen LogP contribution is -2.25. The van der Waals surface area contributed by atoms with Crippen molar-refractivity contribution < 1.29 is 35.8 Å². The third-order valence-electron chi connectivity index (χ3n) is 3.88. The fourth-order valence-corrected chi connectivity index (χ4v) is 3.48. The fourth-order valence-electron chi connectivity index (χ4n) is 2.56. The second kappa shape index (κ2) is 8.36. The standard InChI is InChI=1S/C17H17F3N4O5S/c1-27-14-5-6-21-13(15(14)28-2)8-22-30(25,26)16-23-11-4-3-10(7-12(11)24-16)29-9-17(18,19)20/h3-7,22H,8-9H2,1-2H3,(H,23,24). The molecular formula is C17H17F3N4O5S. The van der Waals surface area contributed by atoms with Crippen molar-refractivity contribution in [2.24, 2.45) is 0 Å². The summed E-state index contributed by atoms with van der Waals surface area (Å²) in [7, 11) is -1.25. The van der Waals surface area contributed by atoms with Crippen molar-refractivity contribution >= 4 is 21.1 Å². The Morgan fingerprint density at radius 1 is 1.17 bits per heavy atom. The Hall–Kier alpha value is -3.06. The van der Waals surface area contributed by atoms with Crippen molar-refractivity contribution in [3.05, 3.63) is 36.2 Å². The van der Waals surface area contributed by atoms with Gasteiger partial charge < -0.3 is 19.2 Å². The molecule has 0 fully saturated rings. The van der Waals surface area contributed by atoms with E-state index in [2.05, 4.69) is 24.4 Å². The number of imidazole rings is 1. The average molecular weight is 446 g/mol. The number of hydrogen-bond acceptors (Lipinski definition) is 7. The number of methoxy groups -OCH3 is 2. The van der Waals surface area contributed by atoms with E-state index in [1.54, 1.807) is 6.07 Å². The van der Waals surface area contributed by atoms with Gasteiger partial charge in [-0.05, 0) is 12.1 Å². The first-order valence-corrected chi connectivity index (χ1v) is 9.86. The summed E-state index contributed by atoms with van der Waals surface area (Å²) >= 11 is 0. The minimum atomic E-state index is -4.49. The van der Waals surface area contributed by atoms with Crippen molar-refractivity contribution in [1.29, 1.82) is 0 Å². The van der Waals surface area contributed by atoms with Crippen LogP contribution in [0.2, 0.25) is 0 Å². The third-order valence-corrected chi connectivity index (χ3v) is 5.11. The van der Waals surface area contributed by atoms with Gasteiger partial charge in [-0.2, -0.15) is 13.2 Å². The number of alkyl halides is 3. The van der Waals surface area contributed by atoms with Gasteiger partial charge in [0.25, 0.3) is 10.0 Å². The zero-order chi connectivity index (χ0) is 21.9. The second-order valence-electron chi connectivity index (χ2n) is 5.94. The van der Waals surface area contributed by atoms with Crippen LogP contribution in [0.3, 0.4) is 0 Å². The van der Waals surface area contributed by atoms with Crippen molar-refractivity contribution in [1.82, 2.24) is 19.7 Å². The van der Waals surface area contributed by atoms with Gasteiger partial charge in [0.15, 0.2) is 18.1 Å². The first kappa shape index (κ1) is 21.6. The van der Waals surface area contributed by atoms with Gasteiger partial charge in [-0.25, -0.2) is 18.1 Å². The normalized spacial score (nSPS) is 12.2. The molecule has 0 spiro atoms. The smallest absolute Gasteiger partial charge is 0.422 e. The zero-order valence-corrected chi connectivity index (χ0v) is 16.6. The number of rotatable bonds is 8. The summed E-state index contributed by atoms with van der Waals surface area (Å²) in [6, 6.07) is 5.42. The third kappa shape index (κ3) is 4.91. The largest absolute Gasteiger partial charge is 0.493 e. The van der Waals surface area contributed by atoms with Crippen molar-refractivity contribution in [3.63, 3.8) is 0 Å². The highest BCUT2D eigenvalue weighted by Crippen LogP contribution is 2.29. The lowest BCUT2D eigenvalue weighted by molar-refractivity contribution is -0.153. The van der Waals surface area contributed by atoms with Crippen LogP contribution in [0, 0.1) is 0 Å². The number of aromatic amines is 1. The molecule has 0 bridgehead atoms. The lowest BCUT2D eigenvalue weighted by atomic mass is 10.3. The molecule has 2 aromatic heterocycles. The van der Waals surface area contributed by atoms with E-state index in [1.165, 1.54) is 38.6 Å². The molecule has 0 saturated heterocycles. The van der Waals surface area contributed by atoms with Crippen molar-refractivity contribution in [2.45, 2.75) is 17.9 Å². The second-order valence-corrected chi connectivity index (χ2v) is 7.62. The predicted octanol–water partition coefficient (Wildman–Crippen LogP) is 2.39. The molecule has 162 valence electrons. The average Bonchev–Trinajstić information content (AvgIpc) is 3.14. The molecule has 30 heavy (non-hydrogen) atoms. The van der Waals surface area contributed by atoms with Gasteiger partial charge >= 0.3 is 6.18 Å². The Bertz CT molecular complexity index is 1150. The van der Waals surface area contributed by atoms with Crippen LogP contribution in [-0.4, -0.2) is 50.4 Å². The summed E-state index contributed by atoms with van der Waals surface area (Å²) < 4.78 is 79.4. The summed E-state index contributed by atoms with van der Waals surface area (Å²) in [6.07, 6.45) is -3.05. The number of benzene rings is 1. The molecular weight excluding hydrogens is 429 g/mol. The van der Waals surface area contributed by atoms with Gasteiger partial charge in [0.05, 0.1) is 31.8 Å². The first-order chi connectivity index (χ1) is 14.1. The van der Waals surface area contributed by atoms with Crippen LogP contribution in [-0.2, 0) is 16.6 Å². The highest BCUT2D eigenvalue weighted by Gasteiger charge is 2.28. The van der Waals surface area contributed by atoms with Gasteiger partial charge in [0.1, 0.15) is 11.4 Å². The van der Waals surface area contributed by atoms with Crippen LogP contribution in [0.5, 0.6) is 17.2 Å². The van der Waals surface area contributed by atoms with Crippen LogP contribution in [0.15, 0.2) is 35.6 Å². The van der Waals surface area contributed by atoms with Crippen LogP contribution in [0.1, 0.15) is 5.69 Å². The predicted molar refractivity (Wildman–Crippen MR) is 99.0 cm³/mol. The quantitative estimate of drug-likeness (QED) is 0.546. The van der Waals surface area contributed by atoms with Crippen LogP contribution in [0.25, 0.3) is 11.0 Å². The summed E-state index contributed by atoms with van der Waals surface area (Å²) in [5.74, 6) is 0.585. The van der Waals surface area contributed by atoms with Gasteiger partial charge in [-0.15, -0.1) is 0 Å². The topological polar surface area (TPSA) is 115 Å². The monoisotopic (exact) mass is 446 g/mol. The molecule has 13 heteroatoms. The first-order valence-electron chi connectivity index (χ1n) is 8.38. The van der Waals surface area contributed by atoms with Crippen LogP contribution < -0.4 is 18.9 Å². The number of sulfonamides is 1. The van der Waals surface area contributed by atoms with Crippen LogP contribution in [0.4, 0.5) is 13.2 Å². The minimum absolute atomic E-state index is 0.0781. The highest BCUT2D eigenvalue weighted by molar-refractivity contribution is 7.89. The number of ether oxygens (including phenoxy) is 3. The molecule has 0 unspecified atom stereocenters. The van der Waals surface area contributed by atoms with Crippen molar-refractivity contribution in [2.75, 3.05) is 20.8 Å². The molecule has 0 saturated carbocycles. The van der Waals surface area contributed by atoms with Gasteiger partial charge in [0.2, 0.25) is 5.16 Å². The molecule has 0 aliphatic carbocycles. The molecule has 2 heterocycles. The van der Waals surface area contributed by atoms with E-state index in [0.29, 0.717) is 11.4 Å². The molecule has 0 radical (unpaired) electrons. The molecule has 3 rings (SSSR count). The SMILES string of the molecule is COc1ccnc(CNS(=O)(=O)c2nc3ccc(OCC(F)(F)F)cc3[nH]2)c1OC. The number of fused-ring (bicyclic) bond motifs is 1. The van der Waals surface area contributed by atoms with E-state index >= 15 is 0 Å². The van der Waals surface area contributed by atoms with E-state index in [9.17, 15) is 21.6 Å². The Labute approximate surface area is 169 Å². The molecule has 0 aliphatic heterocycles. The number of H-pyrrole nitrogens is 1. The number of hydrogen-bond donors (Lipinski definition) is 2. The summed E-state index contributed by atoms with van der Waals surface area (Å²) in [5.41, 5.74) is 0.735. The van der Waals surface area contributed by atoms with E-state index in [4.69, 9.17) is 9.47 Å². The van der Waals surface area contributed by atoms with E-state index < -0.39 is 28.0 Å². The molecule has 3 aromatic rings. The number of pyridine rings is 1.